The molecule has 1 saturated heterocycles. The van der Waals surface area contributed by atoms with Gasteiger partial charge in [-0.25, -0.2) is 0 Å². The van der Waals surface area contributed by atoms with Crippen LogP contribution in [0.5, 0.6) is 0 Å². The number of carbonyl (C=O) groups is 4. The van der Waals surface area contributed by atoms with Crippen molar-refractivity contribution in [3.05, 3.63) is 35.4 Å². The zero-order valence-corrected chi connectivity index (χ0v) is 15.6. The number of rotatable bonds is 5. The molecule has 0 unspecified atom stereocenters. The molecule has 0 bridgehead atoms. The smallest absolute Gasteiger partial charge is 0.261 e. The van der Waals surface area contributed by atoms with Crippen molar-refractivity contribution in [1.29, 1.82) is 5.26 Å². The summed E-state index contributed by atoms with van der Waals surface area (Å²) in [7, 11) is 0. The molecule has 0 aliphatic carbocycles. The number of hydrogen-bond donors (Lipinski definition) is 0. The summed E-state index contributed by atoms with van der Waals surface area (Å²) < 4.78 is 0. The van der Waals surface area contributed by atoms with Crippen LogP contribution >= 0.6 is 0 Å². The largest absolute Gasteiger partial charge is 0.341 e. The summed E-state index contributed by atoms with van der Waals surface area (Å²) in [6.07, 6.45) is 1.16. The van der Waals surface area contributed by atoms with Crippen molar-refractivity contribution >= 4 is 23.6 Å². The second-order valence-corrected chi connectivity index (χ2v) is 6.86. The molecule has 2 aliphatic rings. The zero-order chi connectivity index (χ0) is 20.1. The van der Waals surface area contributed by atoms with Crippen LogP contribution < -0.4 is 0 Å². The number of benzene rings is 1. The predicted octanol–water partition coefficient (Wildman–Crippen LogP) is 1.04. The van der Waals surface area contributed by atoms with Crippen molar-refractivity contribution in [3.63, 3.8) is 0 Å². The molecule has 0 atom stereocenters. The van der Waals surface area contributed by atoms with Gasteiger partial charge in [-0.2, -0.15) is 5.26 Å². The van der Waals surface area contributed by atoms with Gasteiger partial charge < -0.3 is 9.80 Å². The Morgan fingerprint density at radius 1 is 0.929 bits per heavy atom. The van der Waals surface area contributed by atoms with E-state index in [1.165, 1.54) is 4.90 Å². The summed E-state index contributed by atoms with van der Waals surface area (Å²) in [5.41, 5.74) is 0.821. The molecule has 0 N–H and O–H groups in total. The summed E-state index contributed by atoms with van der Waals surface area (Å²) in [4.78, 5) is 53.5. The number of hydrogen-bond acceptors (Lipinski definition) is 5. The topological polar surface area (TPSA) is 102 Å². The fourth-order valence-electron chi connectivity index (χ4n) is 3.58. The Hall–Kier alpha value is -3.21. The molecule has 1 aromatic rings. The summed E-state index contributed by atoms with van der Waals surface area (Å²) in [5, 5.41) is 8.65. The lowest BCUT2D eigenvalue weighted by Crippen LogP contribution is -2.37. The van der Waals surface area contributed by atoms with Crippen LogP contribution in [0.1, 0.15) is 46.4 Å². The lowest BCUT2D eigenvalue weighted by molar-refractivity contribution is -0.133. The number of amides is 4. The van der Waals surface area contributed by atoms with Gasteiger partial charge in [0.1, 0.15) is 6.42 Å². The van der Waals surface area contributed by atoms with Crippen LogP contribution in [0.2, 0.25) is 0 Å². The molecule has 8 heteroatoms. The number of nitrogens with zero attached hydrogens (tertiary/aromatic N) is 4. The Balaban J connectivity index is 1.48. The monoisotopic (exact) mass is 382 g/mol. The number of fused-ring (bicyclic) bond motifs is 1. The molecule has 3 rings (SSSR count). The van der Waals surface area contributed by atoms with Crippen LogP contribution in [0, 0.1) is 11.3 Å². The molecular formula is C20H22N4O4. The maximum Gasteiger partial charge on any atom is 0.261 e. The van der Waals surface area contributed by atoms with Gasteiger partial charge in [-0.1, -0.05) is 12.1 Å². The lowest BCUT2D eigenvalue weighted by Gasteiger charge is -2.22. The maximum atomic E-state index is 12.5. The van der Waals surface area contributed by atoms with E-state index in [0.717, 1.165) is 0 Å². The fraction of sp³-hybridized carbons (Fsp3) is 0.450. The third-order valence-electron chi connectivity index (χ3n) is 5.08. The van der Waals surface area contributed by atoms with E-state index in [-0.39, 0.29) is 43.0 Å². The van der Waals surface area contributed by atoms with Crippen LogP contribution in [-0.4, -0.2) is 71.1 Å². The van der Waals surface area contributed by atoms with Crippen molar-refractivity contribution in [2.24, 2.45) is 0 Å². The second kappa shape index (κ2) is 8.65. The standard InChI is InChI=1S/C20H22N4O4/c21-9-8-18(26)23-11-4-10-22(13-14-23)17(25)7-3-12-24-19(27)15-5-1-2-6-16(15)20(24)28/h1-2,5-6H,3-4,7-8,10-14H2. The van der Waals surface area contributed by atoms with Crippen LogP contribution in [0.4, 0.5) is 0 Å². The first-order valence-electron chi connectivity index (χ1n) is 9.40. The van der Waals surface area contributed by atoms with Crippen LogP contribution in [0.3, 0.4) is 0 Å². The van der Waals surface area contributed by atoms with E-state index in [9.17, 15) is 19.2 Å². The van der Waals surface area contributed by atoms with Crippen LogP contribution in [0.25, 0.3) is 0 Å². The Labute approximate surface area is 163 Å². The minimum atomic E-state index is -0.311. The van der Waals surface area contributed by atoms with Gasteiger partial charge in [-0.05, 0) is 25.0 Å². The molecule has 0 spiro atoms. The van der Waals surface area contributed by atoms with Crippen molar-refractivity contribution in [2.45, 2.75) is 25.7 Å². The molecule has 28 heavy (non-hydrogen) atoms. The average Bonchev–Trinajstić information content (AvgIpc) is 2.87. The van der Waals surface area contributed by atoms with Crippen molar-refractivity contribution in [2.75, 3.05) is 32.7 Å². The van der Waals surface area contributed by atoms with Gasteiger partial charge in [0.05, 0.1) is 17.2 Å². The molecule has 2 aliphatic heterocycles. The minimum Gasteiger partial charge on any atom is -0.341 e. The highest BCUT2D eigenvalue weighted by Gasteiger charge is 2.34. The van der Waals surface area contributed by atoms with Gasteiger partial charge in [0, 0.05) is 39.1 Å². The second-order valence-electron chi connectivity index (χ2n) is 6.86. The lowest BCUT2D eigenvalue weighted by atomic mass is 10.1. The zero-order valence-electron chi connectivity index (χ0n) is 15.6. The van der Waals surface area contributed by atoms with E-state index >= 15 is 0 Å². The first kappa shape index (κ1) is 19.5. The first-order chi connectivity index (χ1) is 13.5. The van der Waals surface area contributed by atoms with Gasteiger partial charge in [0.2, 0.25) is 11.8 Å². The van der Waals surface area contributed by atoms with E-state index in [1.54, 1.807) is 34.1 Å². The quantitative estimate of drug-likeness (QED) is 0.708. The highest BCUT2D eigenvalue weighted by molar-refractivity contribution is 6.21. The van der Waals surface area contributed by atoms with Gasteiger partial charge in [0.25, 0.3) is 11.8 Å². The molecular weight excluding hydrogens is 360 g/mol. The summed E-state index contributed by atoms with van der Waals surface area (Å²) in [5.74, 6) is -0.877. The van der Waals surface area contributed by atoms with Crippen LogP contribution in [-0.2, 0) is 9.59 Å². The molecule has 1 aromatic carbocycles. The van der Waals surface area contributed by atoms with Crippen molar-refractivity contribution in [3.8, 4) is 6.07 Å². The molecule has 2 heterocycles. The SMILES string of the molecule is N#CCC(=O)N1CCCN(C(=O)CCCN2C(=O)c3ccccc3C2=O)CC1. The van der Waals surface area contributed by atoms with E-state index in [2.05, 4.69) is 0 Å². The van der Waals surface area contributed by atoms with Gasteiger partial charge >= 0.3 is 0 Å². The molecule has 0 aromatic heterocycles. The Bertz CT molecular complexity index is 810. The molecule has 8 nitrogen and oxygen atoms in total. The average molecular weight is 382 g/mol. The van der Waals surface area contributed by atoms with Crippen molar-refractivity contribution in [1.82, 2.24) is 14.7 Å². The number of carbonyl (C=O) groups excluding carboxylic acids is 4. The minimum absolute atomic E-state index is 0.0498. The molecule has 1 fully saturated rings. The number of nitriles is 1. The first-order valence-corrected chi connectivity index (χ1v) is 9.40. The normalized spacial score (nSPS) is 16.6. The summed E-state index contributed by atoms with van der Waals surface area (Å²) in [6.45, 7) is 2.16. The Kier molecular flexibility index (Phi) is 6.04. The van der Waals surface area contributed by atoms with Gasteiger partial charge in [-0.3, -0.25) is 24.1 Å². The third-order valence-corrected chi connectivity index (χ3v) is 5.08. The predicted molar refractivity (Wildman–Crippen MR) is 99.1 cm³/mol. The van der Waals surface area contributed by atoms with Gasteiger partial charge in [0.15, 0.2) is 0 Å². The van der Waals surface area contributed by atoms with E-state index < -0.39 is 0 Å². The highest BCUT2D eigenvalue weighted by Crippen LogP contribution is 2.22. The molecule has 146 valence electrons. The van der Waals surface area contributed by atoms with Gasteiger partial charge in [-0.15, -0.1) is 0 Å². The number of imide groups is 1. The van der Waals surface area contributed by atoms with E-state index in [4.69, 9.17) is 5.26 Å². The highest BCUT2D eigenvalue weighted by atomic mass is 16.2. The van der Waals surface area contributed by atoms with Crippen LogP contribution in [0.15, 0.2) is 24.3 Å². The van der Waals surface area contributed by atoms with E-state index in [1.807, 2.05) is 6.07 Å². The third kappa shape index (κ3) is 4.03. The molecule has 4 amide bonds. The Morgan fingerprint density at radius 3 is 2.07 bits per heavy atom. The summed E-state index contributed by atoms with van der Waals surface area (Å²) >= 11 is 0. The summed E-state index contributed by atoms with van der Waals surface area (Å²) in [6, 6.07) is 8.58. The van der Waals surface area contributed by atoms with Crippen molar-refractivity contribution < 1.29 is 19.2 Å². The maximum absolute atomic E-state index is 12.5. The molecule has 0 radical (unpaired) electrons. The van der Waals surface area contributed by atoms with E-state index in [0.29, 0.717) is 50.1 Å². The Morgan fingerprint density at radius 2 is 1.50 bits per heavy atom. The fourth-order valence-corrected chi connectivity index (χ4v) is 3.58. The molecule has 0 saturated carbocycles.